The molecule has 0 spiro atoms. The Kier molecular flexibility index (Phi) is 5.86. The number of carbonyl (C=O) groups excluding carboxylic acids is 1. The van der Waals surface area contributed by atoms with E-state index < -0.39 is 0 Å². The molecule has 32 heavy (non-hydrogen) atoms. The molecular formula is C25H37N5O2. The van der Waals surface area contributed by atoms with Crippen molar-refractivity contribution in [3.05, 3.63) is 23.9 Å². The summed E-state index contributed by atoms with van der Waals surface area (Å²) in [6, 6.07) is 0.784. The molecule has 174 valence electrons. The Hall–Kier alpha value is -2.15. The number of hydrogen-bond acceptors (Lipinski definition) is 6. The van der Waals surface area contributed by atoms with Gasteiger partial charge in [-0.25, -0.2) is 0 Å². The van der Waals surface area contributed by atoms with Crippen LogP contribution in [0.2, 0.25) is 0 Å². The van der Waals surface area contributed by atoms with Gasteiger partial charge in [0, 0.05) is 31.7 Å². The lowest BCUT2D eigenvalue weighted by Crippen LogP contribution is -2.43. The van der Waals surface area contributed by atoms with Crippen LogP contribution in [0.3, 0.4) is 0 Å². The molecule has 7 heteroatoms. The molecule has 0 radical (unpaired) electrons. The summed E-state index contributed by atoms with van der Waals surface area (Å²) in [5, 5.41) is 0. The lowest BCUT2D eigenvalue weighted by atomic mass is 9.88. The van der Waals surface area contributed by atoms with Gasteiger partial charge in [0.15, 0.2) is 0 Å². The van der Waals surface area contributed by atoms with Gasteiger partial charge in [0.2, 0.25) is 5.91 Å². The number of rotatable bonds is 6. The molecule has 0 N–H and O–H groups in total. The van der Waals surface area contributed by atoms with E-state index in [0.717, 1.165) is 43.7 Å². The Morgan fingerprint density at radius 1 is 1.25 bits per heavy atom. The highest BCUT2D eigenvalue weighted by Crippen LogP contribution is 2.39. The second kappa shape index (κ2) is 8.65. The first-order valence-electron chi connectivity index (χ1n) is 12.4. The Bertz CT molecular complexity index is 877. The summed E-state index contributed by atoms with van der Waals surface area (Å²) >= 11 is 0. The predicted octanol–water partition coefficient (Wildman–Crippen LogP) is 2.83. The molecule has 4 heterocycles. The first kappa shape index (κ1) is 21.7. The highest BCUT2D eigenvalue weighted by Gasteiger charge is 2.45. The van der Waals surface area contributed by atoms with Crippen molar-refractivity contribution in [3.63, 3.8) is 0 Å². The van der Waals surface area contributed by atoms with Crippen LogP contribution in [-0.2, 0) is 17.6 Å². The normalized spacial score (nSPS) is 26.6. The number of nitrogens with zero attached hydrogens (tertiary/aromatic N) is 5. The molecule has 3 fully saturated rings. The minimum absolute atomic E-state index is 0.0141. The minimum atomic E-state index is 0.0141. The molecule has 1 aromatic rings. The number of hydrogen-bond donors (Lipinski definition) is 0. The first-order chi connectivity index (χ1) is 15.5. The summed E-state index contributed by atoms with van der Waals surface area (Å²) in [5.74, 6) is 1.65. The fourth-order valence-corrected chi connectivity index (χ4v) is 6.32. The summed E-state index contributed by atoms with van der Waals surface area (Å²) in [6.07, 6.45) is 10.5. The number of likely N-dealkylation sites (N-methyl/N-ethyl adjacent to an activating group) is 1. The molecule has 5 rings (SSSR count). The van der Waals surface area contributed by atoms with Gasteiger partial charge in [0.1, 0.15) is 12.4 Å². The molecule has 1 aliphatic carbocycles. The first-order valence-corrected chi connectivity index (χ1v) is 12.4. The number of aryl methyl sites for hydroxylation is 1. The van der Waals surface area contributed by atoms with Crippen molar-refractivity contribution in [1.29, 1.82) is 0 Å². The topological polar surface area (TPSA) is 61.8 Å². The van der Waals surface area contributed by atoms with Gasteiger partial charge in [0.05, 0.1) is 11.2 Å². The van der Waals surface area contributed by atoms with Gasteiger partial charge >= 0.3 is 6.01 Å². The Morgan fingerprint density at radius 3 is 2.78 bits per heavy atom. The van der Waals surface area contributed by atoms with Crippen LogP contribution in [0.5, 0.6) is 6.01 Å². The van der Waals surface area contributed by atoms with Crippen LogP contribution < -0.4 is 9.64 Å². The van der Waals surface area contributed by atoms with Crippen molar-refractivity contribution in [2.75, 3.05) is 44.7 Å². The van der Waals surface area contributed by atoms with E-state index in [1.165, 1.54) is 50.4 Å². The second-order valence-electron chi connectivity index (χ2n) is 10.4. The fourth-order valence-electron chi connectivity index (χ4n) is 6.32. The van der Waals surface area contributed by atoms with Gasteiger partial charge in [-0.15, -0.1) is 0 Å². The largest absolute Gasteiger partial charge is 0.461 e. The molecule has 2 atom stereocenters. The van der Waals surface area contributed by atoms with Crippen LogP contribution in [0.15, 0.2) is 12.7 Å². The lowest BCUT2D eigenvalue weighted by Gasteiger charge is -2.33. The third-order valence-electron chi connectivity index (χ3n) is 8.29. The van der Waals surface area contributed by atoms with E-state index in [9.17, 15) is 4.79 Å². The molecule has 1 aromatic heterocycles. The van der Waals surface area contributed by atoms with E-state index in [0.29, 0.717) is 25.1 Å². The van der Waals surface area contributed by atoms with Crippen molar-refractivity contribution >= 4 is 11.7 Å². The van der Waals surface area contributed by atoms with Crippen LogP contribution in [0.4, 0.5) is 5.82 Å². The molecule has 7 nitrogen and oxygen atoms in total. The standard InChI is InChI=1S/C25H37N5O2/c1-4-22(31)29-14-9-19(16-29)28(3)23-20-15-18(2)7-8-21(20)26-24(27-23)32-17-25-10-5-12-30(25)13-6-11-25/h4,18-19H,1,5-17H2,2-3H3. The molecule has 0 saturated carbocycles. The number of ether oxygens (including phenoxy) is 1. The highest BCUT2D eigenvalue weighted by atomic mass is 16.5. The van der Waals surface area contributed by atoms with Crippen LogP contribution in [-0.4, -0.2) is 77.1 Å². The average molecular weight is 440 g/mol. The van der Waals surface area contributed by atoms with E-state index in [-0.39, 0.29) is 17.5 Å². The average Bonchev–Trinajstić information content (AvgIpc) is 3.52. The summed E-state index contributed by atoms with van der Waals surface area (Å²) in [4.78, 5) is 28.7. The summed E-state index contributed by atoms with van der Waals surface area (Å²) in [5.41, 5.74) is 2.62. The summed E-state index contributed by atoms with van der Waals surface area (Å²) in [6.45, 7) is 10.5. The summed E-state index contributed by atoms with van der Waals surface area (Å²) in [7, 11) is 2.12. The van der Waals surface area contributed by atoms with Crippen LogP contribution in [0, 0.1) is 5.92 Å². The van der Waals surface area contributed by atoms with Crippen molar-refractivity contribution in [2.45, 2.75) is 69.9 Å². The molecule has 0 aromatic carbocycles. The quantitative estimate of drug-likeness (QED) is 0.635. The Balaban J connectivity index is 1.38. The number of likely N-dealkylation sites (tertiary alicyclic amines) is 1. The number of aromatic nitrogens is 2. The second-order valence-corrected chi connectivity index (χ2v) is 10.4. The molecular weight excluding hydrogens is 402 g/mol. The molecule has 1 amide bonds. The molecule has 3 aliphatic heterocycles. The van der Waals surface area contributed by atoms with Gasteiger partial charge in [-0.3, -0.25) is 9.69 Å². The van der Waals surface area contributed by atoms with Crippen LogP contribution in [0.1, 0.15) is 56.7 Å². The minimum Gasteiger partial charge on any atom is -0.461 e. The highest BCUT2D eigenvalue weighted by molar-refractivity contribution is 5.87. The lowest BCUT2D eigenvalue weighted by molar-refractivity contribution is -0.125. The van der Waals surface area contributed by atoms with Crippen molar-refractivity contribution in [3.8, 4) is 6.01 Å². The maximum absolute atomic E-state index is 12.1. The zero-order chi connectivity index (χ0) is 22.3. The van der Waals surface area contributed by atoms with Crippen LogP contribution in [0.25, 0.3) is 0 Å². The number of carbonyl (C=O) groups is 1. The predicted molar refractivity (Wildman–Crippen MR) is 125 cm³/mol. The van der Waals surface area contributed by atoms with Crippen molar-refractivity contribution < 1.29 is 9.53 Å². The summed E-state index contributed by atoms with van der Waals surface area (Å²) < 4.78 is 6.35. The van der Waals surface area contributed by atoms with Gasteiger partial charge in [-0.05, 0) is 76.5 Å². The maximum atomic E-state index is 12.1. The van der Waals surface area contributed by atoms with E-state index >= 15 is 0 Å². The third-order valence-corrected chi connectivity index (χ3v) is 8.29. The maximum Gasteiger partial charge on any atom is 0.318 e. The number of anilines is 1. The van der Waals surface area contributed by atoms with E-state index in [1.54, 1.807) is 0 Å². The third kappa shape index (κ3) is 3.89. The van der Waals surface area contributed by atoms with Crippen molar-refractivity contribution in [1.82, 2.24) is 19.8 Å². The fraction of sp³-hybridized carbons (Fsp3) is 0.720. The monoisotopic (exact) mass is 439 g/mol. The molecule has 3 saturated heterocycles. The van der Waals surface area contributed by atoms with Crippen LogP contribution >= 0.6 is 0 Å². The molecule has 4 aliphatic rings. The zero-order valence-corrected chi connectivity index (χ0v) is 19.7. The van der Waals surface area contributed by atoms with E-state index in [1.807, 2.05) is 4.90 Å². The number of fused-ring (bicyclic) bond motifs is 2. The molecule has 2 unspecified atom stereocenters. The van der Waals surface area contributed by atoms with E-state index in [4.69, 9.17) is 14.7 Å². The molecule has 0 bridgehead atoms. The zero-order valence-electron chi connectivity index (χ0n) is 19.7. The SMILES string of the molecule is C=CC(=O)N1CCC(N(C)c2nc(OCC34CCCN3CCC4)nc3c2CC(C)CC3)C1. The van der Waals surface area contributed by atoms with Crippen molar-refractivity contribution in [2.24, 2.45) is 5.92 Å². The Labute approximate surface area is 191 Å². The van der Waals surface area contributed by atoms with Gasteiger partial charge in [-0.1, -0.05) is 13.5 Å². The Morgan fingerprint density at radius 2 is 2.03 bits per heavy atom. The van der Waals surface area contributed by atoms with E-state index in [2.05, 4.69) is 30.4 Å². The van der Waals surface area contributed by atoms with Gasteiger partial charge < -0.3 is 14.5 Å². The van der Waals surface area contributed by atoms with Gasteiger partial charge in [0.25, 0.3) is 0 Å². The smallest absolute Gasteiger partial charge is 0.318 e. The van der Waals surface area contributed by atoms with Gasteiger partial charge in [-0.2, -0.15) is 9.97 Å². The number of amides is 1.